The van der Waals surface area contributed by atoms with E-state index in [1.165, 1.54) is 11.1 Å². The van der Waals surface area contributed by atoms with Gasteiger partial charge in [0.2, 0.25) is 0 Å². The van der Waals surface area contributed by atoms with Crippen molar-refractivity contribution >= 4 is 5.69 Å². The van der Waals surface area contributed by atoms with Gasteiger partial charge < -0.3 is 10.5 Å². The summed E-state index contributed by atoms with van der Waals surface area (Å²) in [6, 6.07) is 4.06. The molecule has 1 heterocycles. The molecule has 0 amide bonds. The fraction of sp³-hybridized carbons (Fsp3) is 0.308. The minimum absolute atomic E-state index is 0.673. The number of nitrogens with two attached hydrogens (primary N) is 1. The van der Waals surface area contributed by atoms with Gasteiger partial charge in [0.15, 0.2) is 0 Å². The van der Waals surface area contributed by atoms with Gasteiger partial charge in [-0.25, -0.2) is 0 Å². The topological polar surface area (TPSA) is 63.9 Å². The predicted octanol–water partition coefficient (Wildman–Crippen LogP) is 2.59. The number of methoxy groups -OCH3 is 1. The van der Waals surface area contributed by atoms with Crippen molar-refractivity contribution in [2.45, 2.75) is 20.8 Å². The van der Waals surface area contributed by atoms with Crippen LogP contribution in [0.2, 0.25) is 0 Å². The number of hydrogen-bond donors (Lipinski definition) is 2. The van der Waals surface area contributed by atoms with Gasteiger partial charge in [-0.15, -0.1) is 0 Å². The van der Waals surface area contributed by atoms with Crippen molar-refractivity contribution in [3.05, 3.63) is 29.0 Å². The highest BCUT2D eigenvalue weighted by atomic mass is 16.5. The van der Waals surface area contributed by atoms with Crippen LogP contribution in [-0.4, -0.2) is 17.3 Å². The zero-order chi connectivity index (χ0) is 12.6. The van der Waals surface area contributed by atoms with Crippen LogP contribution in [0.1, 0.15) is 16.8 Å². The number of nitrogens with one attached hydrogen (secondary N) is 1. The zero-order valence-corrected chi connectivity index (χ0v) is 10.6. The first-order valence-corrected chi connectivity index (χ1v) is 5.50. The van der Waals surface area contributed by atoms with E-state index in [4.69, 9.17) is 10.5 Å². The van der Waals surface area contributed by atoms with Crippen molar-refractivity contribution in [1.82, 2.24) is 10.2 Å². The number of ether oxygens (including phenoxy) is 1. The fourth-order valence-corrected chi connectivity index (χ4v) is 1.79. The van der Waals surface area contributed by atoms with Crippen LogP contribution < -0.4 is 10.5 Å². The van der Waals surface area contributed by atoms with E-state index in [1.807, 2.05) is 13.0 Å². The molecule has 1 aromatic heterocycles. The Morgan fingerprint density at radius 3 is 2.35 bits per heavy atom. The van der Waals surface area contributed by atoms with Crippen LogP contribution in [0.5, 0.6) is 5.75 Å². The van der Waals surface area contributed by atoms with Gasteiger partial charge in [-0.3, -0.25) is 5.10 Å². The molecule has 0 radical (unpaired) electrons. The number of H-pyrrole nitrogens is 1. The average molecular weight is 231 g/mol. The van der Waals surface area contributed by atoms with Crippen LogP contribution in [0.15, 0.2) is 12.1 Å². The molecule has 0 spiro atoms. The summed E-state index contributed by atoms with van der Waals surface area (Å²) in [5.74, 6) is 0.798. The molecule has 0 aliphatic rings. The van der Waals surface area contributed by atoms with Gasteiger partial charge >= 0.3 is 0 Å². The number of anilines is 1. The lowest BCUT2D eigenvalue weighted by Crippen LogP contribution is -1.94. The van der Waals surface area contributed by atoms with Crippen molar-refractivity contribution < 1.29 is 4.74 Å². The molecule has 0 bridgehead atoms. The Hall–Kier alpha value is -1.97. The van der Waals surface area contributed by atoms with Crippen molar-refractivity contribution in [3.63, 3.8) is 0 Å². The van der Waals surface area contributed by atoms with Gasteiger partial charge in [0.05, 0.1) is 18.5 Å². The summed E-state index contributed by atoms with van der Waals surface area (Å²) in [5.41, 5.74) is 11.6. The van der Waals surface area contributed by atoms with Crippen LogP contribution in [0.25, 0.3) is 11.3 Å². The molecule has 0 atom stereocenters. The highest BCUT2D eigenvalue weighted by Gasteiger charge is 2.15. The SMILES string of the molecule is COc1cc(C)c(C)cc1-c1n[nH]c(C)c1N. The first-order valence-electron chi connectivity index (χ1n) is 5.50. The molecule has 4 heteroatoms. The van der Waals surface area contributed by atoms with Gasteiger partial charge in [-0.1, -0.05) is 0 Å². The van der Waals surface area contributed by atoms with E-state index in [0.717, 1.165) is 22.7 Å². The third kappa shape index (κ3) is 1.86. The van der Waals surface area contributed by atoms with Gasteiger partial charge in [0.25, 0.3) is 0 Å². The van der Waals surface area contributed by atoms with Crippen molar-refractivity contribution in [3.8, 4) is 17.0 Å². The smallest absolute Gasteiger partial charge is 0.128 e. The molecule has 4 nitrogen and oxygen atoms in total. The van der Waals surface area contributed by atoms with Gasteiger partial charge in [-0.05, 0) is 44.0 Å². The van der Waals surface area contributed by atoms with Gasteiger partial charge in [-0.2, -0.15) is 5.10 Å². The Bertz CT molecular complexity index is 558. The van der Waals surface area contributed by atoms with E-state index < -0.39 is 0 Å². The summed E-state index contributed by atoms with van der Waals surface area (Å²) < 4.78 is 5.39. The van der Waals surface area contributed by atoms with Crippen molar-refractivity contribution in [2.24, 2.45) is 0 Å². The summed E-state index contributed by atoms with van der Waals surface area (Å²) >= 11 is 0. The normalized spacial score (nSPS) is 10.6. The fourth-order valence-electron chi connectivity index (χ4n) is 1.79. The Morgan fingerprint density at radius 1 is 1.18 bits per heavy atom. The highest BCUT2D eigenvalue weighted by molar-refractivity contribution is 5.79. The maximum absolute atomic E-state index is 6.00. The molecule has 0 saturated heterocycles. The first-order chi connectivity index (χ1) is 8.04. The van der Waals surface area contributed by atoms with E-state index >= 15 is 0 Å². The van der Waals surface area contributed by atoms with Crippen molar-refractivity contribution in [2.75, 3.05) is 12.8 Å². The Kier molecular flexibility index (Phi) is 2.79. The molecule has 0 saturated carbocycles. The third-order valence-corrected chi connectivity index (χ3v) is 3.07. The second kappa shape index (κ2) is 4.13. The van der Waals surface area contributed by atoms with Gasteiger partial charge in [0.1, 0.15) is 11.4 Å². The highest BCUT2D eigenvalue weighted by Crippen LogP contribution is 2.35. The zero-order valence-electron chi connectivity index (χ0n) is 10.6. The second-order valence-corrected chi connectivity index (χ2v) is 4.25. The maximum atomic E-state index is 6.00. The van der Waals surface area contributed by atoms with E-state index in [2.05, 4.69) is 30.1 Å². The lowest BCUT2D eigenvalue weighted by Gasteiger charge is -2.10. The maximum Gasteiger partial charge on any atom is 0.128 e. The van der Waals surface area contributed by atoms with E-state index in [9.17, 15) is 0 Å². The number of aromatic amines is 1. The second-order valence-electron chi connectivity index (χ2n) is 4.25. The summed E-state index contributed by atoms with van der Waals surface area (Å²) in [4.78, 5) is 0. The molecule has 0 aliphatic carbocycles. The molecule has 0 fully saturated rings. The summed E-state index contributed by atoms with van der Waals surface area (Å²) in [5, 5.41) is 7.13. The molecule has 1 aromatic carbocycles. The van der Waals surface area contributed by atoms with Crippen LogP contribution >= 0.6 is 0 Å². The van der Waals surface area contributed by atoms with Crippen LogP contribution in [0.4, 0.5) is 5.69 Å². The standard InChI is InChI=1S/C13H17N3O/c1-7-5-10(11(17-4)6-8(7)2)13-12(14)9(3)15-16-13/h5-6H,14H2,1-4H3,(H,15,16). The Balaban J connectivity index is 2.66. The van der Waals surface area contributed by atoms with Crippen LogP contribution in [0, 0.1) is 20.8 Å². The monoisotopic (exact) mass is 231 g/mol. The largest absolute Gasteiger partial charge is 0.496 e. The van der Waals surface area contributed by atoms with Crippen LogP contribution in [-0.2, 0) is 0 Å². The number of aryl methyl sites for hydroxylation is 3. The predicted molar refractivity (Wildman–Crippen MR) is 69.2 cm³/mol. The molecule has 17 heavy (non-hydrogen) atoms. The first kappa shape index (κ1) is 11.5. The van der Waals surface area contributed by atoms with Gasteiger partial charge in [0, 0.05) is 5.56 Å². The molecule has 0 unspecified atom stereocenters. The molecule has 0 aliphatic heterocycles. The third-order valence-electron chi connectivity index (χ3n) is 3.07. The molecular weight excluding hydrogens is 214 g/mol. The number of hydrogen-bond acceptors (Lipinski definition) is 3. The minimum Gasteiger partial charge on any atom is -0.496 e. The number of aromatic nitrogens is 2. The number of nitrogen functional groups attached to an aromatic ring is 1. The number of benzene rings is 1. The van der Waals surface area contributed by atoms with Crippen LogP contribution in [0.3, 0.4) is 0 Å². The quantitative estimate of drug-likeness (QED) is 0.835. The Labute approximate surface area is 101 Å². The summed E-state index contributed by atoms with van der Waals surface area (Å²) in [7, 11) is 1.66. The average Bonchev–Trinajstić information content (AvgIpc) is 2.63. The summed E-state index contributed by atoms with van der Waals surface area (Å²) in [6.07, 6.45) is 0. The lowest BCUT2D eigenvalue weighted by atomic mass is 10.0. The minimum atomic E-state index is 0.673. The molecule has 3 N–H and O–H groups in total. The lowest BCUT2D eigenvalue weighted by molar-refractivity contribution is 0.416. The molecule has 2 rings (SSSR count). The molecule has 90 valence electrons. The van der Waals surface area contributed by atoms with E-state index in [1.54, 1.807) is 7.11 Å². The summed E-state index contributed by atoms with van der Waals surface area (Å²) in [6.45, 7) is 6.02. The molecule has 2 aromatic rings. The Morgan fingerprint density at radius 2 is 1.82 bits per heavy atom. The van der Waals surface area contributed by atoms with E-state index in [-0.39, 0.29) is 0 Å². The number of nitrogens with zero attached hydrogens (tertiary/aromatic N) is 1. The molecular formula is C13H17N3O. The van der Waals surface area contributed by atoms with Crippen molar-refractivity contribution in [1.29, 1.82) is 0 Å². The van der Waals surface area contributed by atoms with E-state index in [0.29, 0.717) is 5.69 Å². The number of rotatable bonds is 2.